The van der Waals surface area contributed by atoms with Crippen molar-refractivity contribution in [3.63, 3.8) is 0 Å². The normalized spacial score (nSPS) is 12.3. The van der Waals surface area contributed by atoms with E-state index in [0.29, 0.717) is 5.92 Å². The van der Waals surface area contributed by atoms with E-state index in [2.05, 4.69) is 23.8 Å². The minimum Gasteiger partial charge on any atom is -0.319 e. The van der Waals surface area contributed by atoms with E-state index in [-0.39, 0.29) is 0 Å². The molecule has 0 amide bonds. The minimum atomic E-state index is -0.432. The fourth-order valence-corrected chi connectivity index (χ4v) is 1.85. The lowest BCUT2D eigenvalue weighted by Crippen LogP contribution is -2.44. The molecule has 1 aromatic heterocycles. The number of nitrogens with zero attached hydrogens (tertiary/aromatic N) is 2. The van der Waals surface area contributed by atoms with E-state index >= 15 is 0 Å². The average molecular weight is 293 g/mol. The van der Waals surface area contributed by atoms with Gasteiger partial charge in [-0.15, -0.1) is 0 Å². The van der Waals surface area contributed by atoms with Crippen molar-refractivity contribution in [2.45, 2.75) is 46.5 Å². The Morgan fingerprint density at radius 2 is 2.10 bits per heavy atom. The zero-order valence-electron chi connectivity index (χ0n) is 13.1. The lowest BCUT2D eigenvalue weighted by atomic mass is 10.0. The molecule has 1 heterocycles. The van der Waals surface area contributed by atoms with E-state index in [1.165, 1.54) is 32.4 Å². The molecule has 0 fully saturated rings. The SMILES string of the molecule is CCCCC(CC)CO[n+]1ccc(C=NOC(C)=O)cc1. The predicted octanol–water partition coefficient (Wildman–Crippen LogP) is 2.52. The summed E-state index contributed by atoms with van der Waals surface area (Å²) in [4.78, 5) is 20.8. The second-order valence-corrected chi connectivity index (χ2v) is 5.02. The van der Waals surface area contributed by atoms with Gasteiger partial charge in [-0.1, -0.05) is 31.8 Å². The molecule has 0 saturated carbocycles. The lowest BCUT2D eigenvalue weighted by Gasteiger charge is -2.11. The van der Waals surface area contributed by atoms with Crippen LogP contribution in [0.4, 0.5) is 0 Å². The number of pyridine rings is 1. The molecule has 0 saturated heterocycles. The summed E-state index contributed by atoms with van der Waals surface area (Å²) in [6.45, 7) is 6.44. The quantitative estimate of drug-likeness (QED) is 0.304. The van der Waals surface area contributed by atoms with E-state index in [1.54, 1.807) is 4.73 Å². The Balaban J connectivity index is 2.43. The van der Waals surface area contributed by atoms with E-state index in [0.717, 1.165) is 18.6 Å². The van der Waals surface area contributed by atoms with E-state index in [9.17, 15) is 4.79 Å². The number of rotatable bonds is 9. The molecule has 0 aliphatic carbocycles. The molecule has 5 nitrogen and oxygen atoms in total. The Morgan fingerprint density at radius 1 is 1.38 bits per heavy atom. The molecule has 1 unspecified atom stereocenters. The van der Waals surface area contributed by atoms with Crippen LogP contribution in [-0.2, 0) is 9.63 Å². The average Bonchev–Trinajstić information content (AvgIpc) is 2.48. The number of unbranched alkanes of at least 4 members (excludes halogenated alkanes) is 1. The van der Waals surface area contributed by atoms with E-state index < -0.39 is 5.97 Å². The predicted molar refractivity (Wildman–Crippen MR) is 80.8 cm³/mol. The Bertz CT molecular complexity index is 443. The van der Waals surface area contributed by atoms with Gasteiger partial charge in [0, 0.05) is 29.4 Å². The van der Waals surface area contributed by atoms with Crippen LogP contribution >= 0.6 is 0 Å². The summed E-state index contributed by atoms with van der Waals surface area (Å²) < 4.78 is 1.69. The van der Waals surface area contributed by atoms with Gasteiger partial charge < -0.3 is 4.84 Å². The first-order valence-electron chi connectivity index (χ1n) is 7.51. The highest BCUT2D eigenvalue weighted by atomic mass is 16.7. The highest BCUT2D eigenvalue weighted by Crippen LogP contribution is 2.11. The fourth-order valence-electron chi connectivity index (χ4n) is 1.85. The fraction of sp³-hybridized carbons (Fsp3) is 0.562. The van der Waals surface area contributed by atoms with Gasteiger partial charge in [0.1, 0.15) is 0 Å². The molecule has 21 heavy (non-hydrogen) atoms. The molecule has 1 atom stereocenters. The van der Waals surface area contributed by atoms with Crippen LogP contribution in [0.3, 0.4) is 0 Å². The summed E-state index contributed by atoms with van der Waals surface area (Å²) in [6, 6.07) is 3.69. The summed E-state index contributed by atoms with van der Waals surface area (Å²) >= 11 is 0. The molecule has 0 bridgehead atoms. The molecule has 1 aromatic rings. The number of carbonyl (C=O) groups excluding carboxylic acids is 1. The van der Waals surface area contributed by atoms with Crippen molar-refractivity contribution < 1.29 is 19.2 Å². The number of hydrogen-bond acceptors (Lipinski definition) is 4. The van der Waals surface area contributed by atoms with Crippen molar-refractivity contribution in [2.75, 3.05) is 6.61 Å². The maximum absolute atomic E-state index is 10.6. The molecule has 0 aliphatic heterocycles. The first-order valence-corrected chi connectivity index (χ1v) is 7.51. The molecule has 0 aromatic carbocycles. The smallest absolute Gasteiger partial charge is 0.319 e. The number of hydrogen-bond donors (Lipinski definition) is 0. The Labute approximate surface area is 126 Å². The number of oxime groups is 1. The van der Waals surface area contributed by atoms with Crippen LogP contribution < -0.4 is 9.57 Å². The van der Waals surface area contributed by atoms with Crippen LogP contribution in [0, 0.1) is 5.92 Å². The van der Waals surface area contributed by atoms with Crippen molar-refractivity contribution in [1.82, 2.24) is 0 Å². The van der Waals surface area contributed by atoms with Gasteiger partial charge in [-0.05, 0) is 18.8 Å². The van der Waals surface area contributed by atoms with Gasteiger partial charge in [-0.2, -0.15) is 0 Å². The van der Waals surface area contributed by atoms with Gasteiger partial charge >= 0.3 is 5.97 Å². The van der Waals surface area contributed by atoms with Crippen molar-refractivity contribution in [1.29, 1.82) is 0 Å². The zero-order chi connectivity index (χ0) is 15.5. The molecule has 0 spiro atoms. The maximum Gasteiger partial charge on any atom is 0.331 e. The maximum atomic E-state index is 10.6. The molecule has 1 rings (SSSR count). The van der Waals surface area contributed by atoms with Crippen LogP contribution in [0.25, 0.3) is 0 Å². The Kier molecular flexibility index (Phi) is 8.09. The van der Waals surface area contributed by atoms with Gasteiger partial charge in [0.05, 0.1) is 6.21 Å². The van der Waals surface area contributed by atoms with Crippen LogP contribution in [0.5, 0.6) is 0 Å². The largest absolute Gasteiger partial charge is 0.331 e. The van der Waals surface area contributed by atoms with Crippen LogP contribution in [0.1, 0.15) is 52.0 Å². The summed E-state index contributed by atoms with van der Waals surface area (Å²) in [5, 5.41) is 3.57. The third kappa shape index (κ3) is 7.44. The summed E-state index contributed by atoms with van der Waals surface area (Å²) in [5.41, 5.74) is 0.842. The van der Waals surface area contributed by atoms with Gasteiger partial charge in [-0.25, -0.2) is 4.79 Å². The molecule has 0 aliphatic rings. The van der Waals surface area contributed by atoms with E-state index in [1.807, 2.05) is 24.5 Å². The summed E-state index contributed by atoms with van der Waals surface area (Å²) in [6.07, 6.45) is 9.94. The van der Waals surface area contributed by atoms with E-state index in [4.69, 9.17) is 4.84 Å². The van der Waals surface area contributed by atoms with Crippen LogP contribution in [-0.4, -0.2) is 18.8 Å². The molecule has 0 radical (unpaired) electrons. The van der Waals surface area contributed by atoms with Gasteiger partial charge in [0.15, 0.2) is 6.61 Å². The highest BCUT2D eigenvalue weighted by Gasteiger charge is 2.10. The summed E-state index contributed by atoms with van der Waals surface area (Å²) in [5.74, 6) is 0.168. The monoisotopic (exact) mass is 293 g/mol. The summed E-state index contributed by atoms with van der Waals surface area (Å²) in [7, 11) is 0. The Morgan fingerprint density at radius 3 is 2.67 bits per heavy atom. The number of carbonyl (C=O) groups is 1. The highest BCUT2D eigenvalue weighted by molar-refractivity contribution is 5.79. The van der Waals surface area contributed by atoms with Crippen molar-refractivity contribution in [3.05, 3.63) is 30.1 Å². The van der Waals surface area contributed by atoms with Crippen LogP contribution in [0.2, 0.25) is 0 Å². The number of aromatic nitrogens is 1. The van der Waals surface area contributed by atoms with Crippen LogP contribution in [0.15, 0.2) is 29.7 Å². The zero-order valence-corrected chi connectivity index (χ0v) is 13.1. The molecule has 5 heteroatoms. The Hall–Kier alpha value is -1.91. The first kappa shape index (κ1) is 17.1. The van der Waals surface area contributed by atoms with Gasteiger partial charge in [0.25, 0.3) is 0 Å². The van der Waals surface area contributed by atoms with Crippen molar-refractivity contribution in [3.8, 4) is 0 Å². The third-order valence-electron chi connectivity index (χ3n) is 3.21. The lowest BCUT2D eigenvalue weighted by molar-refractivity contribution is -0.892. The minimum absolute atomic E-state index is 0.432. The third-order valence-corrected chi connectivity index (χ3v) is 3.21. The second kappa shape index (κ2) is 9.91. The second-order valence-electron chi connectivity index (χ2n) is 5.02. The van der Waals surface area contributed by atoms with Crippen molar-refractivity contribution >= 4 is 12.2 Å². The molecular weight excluding hydrogens is 268 g/mol. The topological polar surface area (TPSA) is 51.8 Å². The van der Waals surface area contributed by atoms with Crippen molar-refractivity contribution in [2.24, 2.45) is 11.1 Å². The molecule has 116 valence electrons. The standard InChI is InChI=1S/C16H25N2O3/c1-4-6-7-15(5-2)13-20-18-10-8-16(9-11-18)12-17-21-14(3)19/h8-12,15H,4-7,13H2,1-3H3/q+1. The molecular formula is C16H25N2O3+. The molecule has 0 N–H and O–H groups in total. The van der Waals surface area contributed by atoms with Gasteiger partial charge in [-0.3, -0.25) is 4.84 Å². The van der Waals surface area contributed by atoms with Gasteiger partial charge in [0.2, 0.25) is 12.4 Å². The first-order chi connectivity index (χ1) is 10.2.